The van der Waals surface area contributed by atoms with Crippen molar-refractivity contribution in [2.75, 3.05) is 26.2 Å². The minimum absolute atomic E-state index is 0.844. The van der Waals surface area contributed by atoms with Crippen molar-refractivity contribution in [3.63, 3.8) is 0 Å². The molecule has 2 rings (SSSR count). The van der Waals surface area contributed by atoms with E-state index >= 15 is 0 Å². The molecule has 2 heteroatoms. The highest BCUT2D eigenvalue weighted by molar-refractivity contribution is 4.81. The lowest BCUT2D eigenvalue weighted by molar-refractivity contribution is 0.111. The smallest absolute Gasteiger partial charge is 0.0221 e. The molecule has 2 fully saturated rings. The van der Waals surface area contributed by atoms with Gasteiger partial charge in [0.05, 0.1) is 0 Å². The fourth-order valence-corrected chi connectivity index (χ4v) is 2.70. The molecule has 13 heavy (non-hydrogen) atoms. The van der Waals surface area contributed by atoms with Crippen LogP contribution in [-0.2, 0) is 0 Å². The number of nitrogens with zero attached hydrogens (tertiary/aromatic N) is 1. The summed E-state index contributed by atoms with van der Waals surface area (Å²) in [5.74, 6) is 0.927. The van der Waals surface area contributed by atoms with Crippen molar-refractivity contribution < 1.29 is 0 Å². The van der Waals surface area contributed by atoms with E-state index in [2.05, 4.69) is 17.1 Å². The van der Waals surface area contributed by atoms with Gasteiger partial charge in [0, 0.05) is 19.1 Å². The molecular formula is C11H22N2. The minimum Gasteiger partial charge on any atom is -0.315 e. The predicted octanol–water partition coefficient (Wildman–Crippen LogP) is 1.47. The first-order valence-electron chi connectivity index (χ1n) is 5.81. The molecule has 2 atom stereocenters. The molecule has 2 aliphatic rings. The molecule has 1 N–H and O–H groups in total. The highest BCUT2D eigenvalue weighted by Crippen LogP contribution is 2.20. The lowest BCUT2D eigenvalue weighted by Crippen LogP contribution is -2.49. The van der Waals surface area contributed by atoms with Crippen molar-refractivity contribution in [3.8, 4) is 0 Å². The maximum Gasteiger partial charge on any atom is 0.0221 e. The van der Waals surface area contributed by atoms with Crippen LogP contribution in [0.15, 0.2) is 0 Å². The van der Waals surface area contributed by atoms with Gasteiger partial charge in [-0.05, 0) is 44.7 Å². The molecule has 2 nitrogen and oxygen atoms in total. The lowest BCUT2D eigenvalue weighted by atomic mass is 9.96. The van der Waals surface area contributed by atoms with Gasteiger partial charge in [-0.1, -0.05) is 6.92 Å². The molecule has 2 heterocycles. The van der Waals surface area contributed by atoms with Crippen LogP contribution in [0.25, 0.3) is 0 Å². The summed E-state index contributed by atoms with van der Waals surface area (Å²) in [6, 6.07) is 0.844. The normalized spacial score (nSPS) is 37.6. The van der Waals surface area contributed by atoms with Crippen LogP contribution in [0.5, 0.6) is 0 Å². The van der Waals surface area contributed by atoms with Gasteiger partial charge in [0.25, 0.3) is 0 Å². The topological polar surface area (TPSA) is 15.3 Å². The van der Waals surface area contributed by atoms with Crippen molar-refractivity contribution in [2.24, 2.45) is 5.92 Å². The molecule has 0 aliphatic carbocycles. The average molecular weight is 182 g/mol. The first-order valence-corrected chi connectivity index (χ1v) is 5.81. The van der Waals surface area contributed by atoms with Gasteiger partial charge < -0.3 is 5.32 Å². The molecular weight excluding hydrogens is 160 g/mol. The third-order valence-electron chi connectivity index (χ3n) is 3.48. The van der Waals surface area contributed by atoms with E-state index in [1.165, 1.54) is 51.9 Å². The van der Waals surface area contributed by atoms with Crippen molar-refractivity contribution in [3.05, 3.63) is 0 Å². The van der Waals surface area contributed by atoms with Crippen LogP contribution in [0.3, 0.4) is 0 Å². The fourth-order valence-electron chi connectivity index (χ4n) is 2.70. The van der Waals surface area contributed by atoms with Crippen molar-refractivity contribution in [2.45, 2.75) is 38.6 Å². The summed E-state index contributed by atoms with van der Waals surface area (Å²) < 4.78 is 0. The Morgan fingerprint density at radius 1 is 1.23 bits per heavy atom. The van der Waals surface area contributed by atoms with Crippen molar-refractivity contribution in [1.82, 2.24) is 10.2 Å². The van der Waals surface area contributed by atoms with E-state index in [1.54, 1.807) is 0 Å². The maximum absolute atomic E-state index is 3.51. The summed E-state index contributed by atoms with van der Waals surface area (Å²) in [7, 11) is 0. The van der Waals surface area contributed by atoms with Gasteiger partial charge in [0.15, 0.2) is 0 Å². The van der Waals surface area contributed by atoms with Crippen LogP contribution in [0.1, 0.15) is 32.6 Å². The molecule has 0 amide bonds. The van der Waals surface area contributed by atoms with E-state index < -0.39 is 0 Å². The predicted molar refractivity (Wildman–Crippen MR) is 55.9 cm³/mol. The van der Waals surface area contributed by atoms with Gasteiger partial charge in [-0.2, -0.15) is 0 Å². The quantitative estimate of drug-likeness (QED) is 0.660. The van der Waals surface area contributed by atoms with E-state index in [1.807, 2.05) is 0 Å². The van der Waals surface area contributed by atoms with E-state index in [4.69, 9.17) is 0 Å². The Balaban J connectivity index is 1.83. The van der Waals surface area contributed by atoms with Crippen LogP contribution in [0, 0.1) is 5.92 Å². The second-order valence-corrected chi connectivity index (χ2v) is 4.74. The van der Waals surface area contributed by atoms with Gasteiger partial charge in [-0.3, -0.25) is 4.90 Å². The molecule has 76 valence electrons. The Bertz CT molecular complexity index is 152. The minimum atomic E-state index is 0.844. The Morgan fingerprint density at radius 3 is 2.85 bits per heavy atom. The molecule has 0 aromatic heterocycles. The first kappa shape index (κ1) is 9.47. The second kappa shape index (κ2) is 4.43. The number of hydrogen-bond donors (Lipinski definition) is 1. The molecule has 0 aromatic rings. The van der Waals surface area contributed by atoms with Crippen LogP contribution in [-0.4, -0.2) is 37.1 Å². The Kier molecular flexibility index (Phi) is 3.23. The number of rotatable bonds is 1. The molecule has 0 unspecified atom stereocenters. The third-order valence-corrected chi connectivity index (χ3v) is 3.48. The number of likely N-dealkylation sites (tertiary alicyclic amines) is 1. The van der Waals surface area contributed by atoms with Gasteiger partial charge >= 0.3 is 0 Å². The van der Waals surface area contributed by atoms with E-state index in [-0.39, 0.29) is 0 Å². The van der Waals surface area contributed by atoms with E-state index in [9.17, 15) is 0 Å². The zero-order chi connectivity index (χ0) is 9.10. The standard InChI is InChI=1S/C11H22N2/c1-10-4-3-7-13(9-10)11-5-2-6-12-8-11/h10-12H,2-9H2,1H3/t10-,11-/m1/s1. The van der Waals surface area contributed by atoms with Gasteiger partial charge in [0.1, 0.15) is 0 Å². The summed E-state index contributed by atoms with van der Waals surface area (Å²) in [5.41, 5.74) is 0. The van der Waals surface area contributed by atoms with Crippen LogP contribution in [0.4, 0.5) is 0 Å². The molecule has 0 spiro atoms. The SMILES string of the molecule is C[C@@H]1CCCN([C@@H]2CCCNC2)C1. The molecule has 2 saturated heterocycles. The monoisotopic (exact) mass is 182 g/mol. The fraction of sp³-hybridized carbons (Fsp3) is 1.00. The van der Waals surface area contributed by atoms with Crippen molar-refractivity contribution >= 4 is 0 Å². The molecule has 2 aliphatic heterocycles. The highest BCUT2D eigenvalue weighted by atomic mass is 15.2. The van der Waals surface area contributed by atoms with Crippen molar-refractivity contribution in [1.29, 1.82) is 0 Å². The summed E-state index contributed by atoms with van der Waals surface area (Å²) in [4.78, 5) is 2.71. The van der Waals surface area contributed by atoms with Gasteiger partial charge in [-0.25, -0.2) is 0 Å². The Morgan fingerprint density at radius 2 is 2.15 bits per heavy atom. The van der Waals surface area contributed by atoms with Crippen LogP contribution < -0.4 is 5.32 Å². The molecule has 0 radical (unpaired) electrons. The summed E-state index contributed by atoms with van der Waals surface area (Å²) in [6.45, 7) is 7.54. The molecule has 0 saturated carbocycles. The highest BCUT2D eigenvalue weighted by Gasteiger charge is 2.24. The van der Waals surface area contributed by atoms with Gasteiger partial charge in [-0.15, -0.1) is 0 Å². The summed E-state index contributed by atoms with van der Waals surface area (Å²) in [5, 5.41) is 3.51. The van der Waals surface area contributed by atoms with Crippen LogP contribution in [0.2, 0.25) is 0 Å². The molecule has 0 bridgehead atoms. The van der Waals surface area contributed by atoms with E-state index in [0.717, 1.165) is 12.0 Å². The maximum atomic E-state index is 3.51. The second-order valence-electron chi connectivity index (χ2n) is 4.74. The third kappa shape index (κ3) is 2.44. The Hall–Kier alpha value is -0.0800. The number of nitrogens with one attached hydrogen (secondary N) is 1. The zero-order valence-electron chi connectivity index (χ0n) is 8.76. The average Bonchev–Trinajstić information content (AvgIpc) is 2.19. The number of hydrogen-bond acceptors (Lipinski definition) is 2. The molecule has 0 aromatic carbocycles. The van der Waals surface area contributed by atoms with Crippen LogP contribution >= 0.6 is 0 Å². The summed E-state index contributed by atoms with van der Waals surface area (Å²) in [6.07, 6.45) is 5.64. The Labute approximate surface area is 81.7 Å². The van der Waals surface area contributed by atoms with Gasteiger partial charge in [0.2, 0.25) is 0 Å². The van der Waals surface area contributed by atoms with E-state index in [0.29, 0.717) is 0 Å². The first-order chi connectivity index (χ1) is 6.36. The zero-order valence-corrected chi connectivity index (χ0v) is 8.76. The number of piperidine rings is 2. The lowest BCUT2D eigenvalue weighted by Gasteiger charge is -2.39. The summed E-state index contributed by atoms with van der Waals surface area (Å²) >= 11 is 0. The largest absolute Gasteiger partial charge is 0.315 e.